The van der Waals surface area contributed by atoms with Gasteiger partial charge in [0.1, 0.15) is 5.75 Å². The molecule has 0 saturated heterocycles. The van der Waals surface area contributed by atoms with Gasteiger partial charge in [-0.3, -0.25) is 0 Å². The number of rotatable bonds is 2. The van der Waals surface area contributed by atoms with Crippen LogP contribution in [0.4, 0.5) is 0 Å². The standard InChI is InChI=1S/C22H23BrOSi/c1-22(2,3)25(4,5)24-19-13-9-15-6-10-16-18(23)12-8-14-7-11-17(19)21(15)20(14)16/h6-13H,1-5H3. The van der Waals surface area contributed by atoms with E-state index < -0.39 is 8.32 Å². The van der Waals surface area contributed by atoms with Crippen LogP contribution in [0.15, 0.2) is 53.0 Å². The molecule has 128 valence electrons. The molecular formula is C22H23BrOSi. The molecule has 0 bridgehead atoms. The molecular weight excluding hydrogens is 388 g/mol. The SMILES string of the molecule is CC(C)(C)[Si](C)(C)Oc1ccc2ccc3c(Br)ccc4ccc1c2c43. The zero-order valence-corrected chi connectivity index (χ0v) is 18.0. The summed E-state index contributed by atoms with van der Waals surface area (Å²) in [6.07, 6.45) is 0. The third kappa shape index (κ3) is 2.56. The first-order valence-corrected chi connectivity index (χ1v) is 12.4. The second-order valence-electron chi connectivity index (χ2n) is 8.40. The van der Waals surface area contributed by atoms with Crippen LogP contribution < -0.4 is 4.43 Å². The van der Waals surface area contributed by atoms with Crippen molar-refractivity contribution in [2.75, 3.05) is 0 Å². The summed E-state index contributed by atoms with van der Waals surface area (Å²) < 4.78 is 7.82. The molecule has 0 amide bonds. The van der Waals surface area contributed by atoms with Gasteiger partial charge in [-0.2, -0.15) is 0 Å². The van der Waals surface area contributed by atoms with E-state index in [1.807, 2.05) is 0 Å². The largest absolute Gasteiger partial charge is 0.543 e. The maximum atomic E-state index is 6.68. The van der Waals surface area contributed by atoms with E-state index in [4.69, 9.17) is 4.43 Å². The summed E-state index contributed by atoms with van der Waals surface area (Å²) in [7, 11) is -1.88. The van der Waals surface area contributed by atoms with Crippen molar-refractivity contribution in [2.24, 2.45) is 0 Å². The Hall–Kier alpha value is -1.58. The fourth-order valence-electron chi connectivity index (χ4n) is 3.26. The smallest absolute Gasteiger partial charge is 0.250 e. The number of hydrogen-bond acceptors (Lipinski definition) is 1. The average Bonchev–Trinajstić information content (AvgIpc) is 2.54. The molecule has 0 saturated carbocycles. The van der Waals surface area contributed by atoms with E-state index in [1.165, 1.54) is 32.3 Å². The van der Waals surface area contributed by atoms with Gasteiger partial charge in [-0.05, 0) is 51.8 Å². The van der Waals surface area contributed by atoms with E-state index in [-0.39, 0.29) is 5.04 Å². The van der Waals surface area contributed by atoms with Crippen LogP contribution in [-0.2, 0) is 0 Å². The van der Waals surface area contributed by atoms with Gasteiger partial charge in [0.2, 0.25) is 0 Å². The second kappa shape index (κ2) is 5.45. The molecule has 4 rings (SSSR count). The van der Waals surface area contributed by atoms with Crippen molar-refractivity contribution in [1.82, 2.24) is 0 Å². The minimum Gasteiger partial charge on any atom is -0.543 e. The molecule has 4 aromatic carbocycles. The molecule has 3 heteroatoms. The van der Waals surface area contributed by atoms with Crippen LogP contribution in [0.5, 0.6) is 5.75 Å². The molecule has 0 heterocycles. The molecule has 0 aromatic heterocycles. The molecule has 0 aliphatic heterocycles. The van der Waals surface area contributed by atoms with Gasteiger partial charge in [-0.25, -0.2) is 0 Å². The van der Waals surface area contributed by atoms with Gasteiger partial charge in [0.15, 0.2) is 0 Å². The number of benzene rings is 4. The Morgan fingerprint density at radius 2 is 1.28 bits per heavy atom. The molecule has 0 fully saturated rings. The van der Waals surface area contributed by atoms with Gasteiger partial charge in [-0.1, -0.05) is 73.1 Å². The first-order chi connectivity index (χ1) is 11.7. The predicted octanol–water partition coefficient (Wildman–Crippen LogP) is 7.73. The monoisotopic (exact) mass is 410 g/mol. The number of halogens is 1. The lowest BCUT2D eigenvalue weighted by molar-refractivity contribution is 0.496. The second-order valence-corrected chi connectivity index (χ2v) is 14.0. The average molecular weight is 411 g/mol. The molecule has 0 atom stereocenters. The Bertz CT molecular complexity index is 1090. The van der Waals surface area contributed by atoms with Crippen molar-refractivity contribution < 1.29 is 4.43 Å². The number of hydrogen-bond donors (Lipinski definition) is 0. The lowest BCUT2D eigenvalue weighted by Crippen LogP contribution is -2.43. The van der Waals surface area contributed by atoms with Crippen LogP contribution in [0.3, 0.4) is 0 Å². The summed E-state index contributed by atoms with van der Waals surface area (Å²) in [6.45, 7) is 11.5. The summed E-state index contributed by atoms with van der Waals surface area (Å²) in [5, 5.41) is 7.85. The van der Waals surface area contributed by atoms with Gasteiger partial charge < -0.3 is 4.43 Å². The molecule has 0 radical (unpaired) electrons. The highest BCUT2D eigenvalue weighted by atomic mass is 79.9. The Kier molecular flexibility index (Phi) is 3.68. The van der Waals surface area contributed by atoms with E-state index in [9.17, 15) is 0 Å². The first-order valence-electron chi connectivity index (χ1n) is 8.74. The maximum Gasteiger partial charge on any atom is 0.250 e. The third-order valence-corrected chi connectivity index (χ3v) is 10.8. The van der Waals surface area contributed by atoms with Crippen LogP contribution in [0.1, 0.15) is 20.8 Å². The van der Waals surface area contributed by atoms with E-state index >= 15 is 0 Å². The molecule has 0 unspecified atom stereocenters. The highest BCUT2D eigenvalue weighted by molar-refractivity contribution is 9.10. The van der Waals surface area contributed by atoms with E-state index in [0.29, 0.717) is 0 Å². The summed E-state index contributed by atoms with van der Waals surface area (Å²) in [5.41, 5.74) is 0. The third-order valence-electron chi connectivity index (χ3n) is 5.74. The van der Waals surface area contributed by atoms with Crippen LogP contribution in [0.2, 0.25) is 18.1 Å². The van der Waals surface area contributed by atoms with Crippen molar-refractivity contribution in [1.29, 1.82) is 0 Å². The topological polar surface area (TPSA) is 9.23 Å². The molecule has 25 heavy (non-hydrogen) atoms. The van der Waals surface area contributed by atoms with E-state index in [2.05, 4.69) is 98.3 Å². The highest BCUT2D eigenvalue weighted by Gasteiger charge is 2.39. The lowest BCUT2D eigenvalue weighted by Gasteiger charge is -2.37. The van der Waals surface area contributed by atoms with Crippen molar-refractivity contribution in [3.63, 3.8) is 0 Å². The van der Waals surface area contributed by atoms with Gasteiger partial charge in [0.25, 0.3) is 8.32 Å². The van der Waals surface area contributed by atoms with Gasteiger partial charge in [0.05, 0.1) is 0 Å². The zero-order chi connectivity index (χ0) is 18.0. The molecule has 0 N–H and O–H groups in total. The van der Waals surface area contributed by atoms with E-state index in [1.54, 1.807) is 0 Å². The molecule has 0 aliphatic carbocycles. The summed E-state index contributed by atoms with van der Waals surface area (Å²) in [5.74, 6) is 1.02. The minimum absolute atomic E-state index is 0.181. The van der Waals surface area contributed by atoms with Crippen molar-refractivity contribution in [2.45, 2.75) is 38.9 Å². The Morgan fingerprint density at radius 1 is 0.760 bits per heavy atom. The highest BCUT2D eigenvalue weighted by Crippen LogP contribution is 2.43. The summed E-state index contributed by atoms with van der Waals surface area (Å²) >= 11 is 3.71. The van der Waals surface area contributed by atoms with Crippen LogP contribution >= 0.6 is 15.9 Å². The molecule has 0 aliphatic rings. The first kappa shape index (κ1) is 16.9. The molecule has 4 aromatic rings. The Morgan fingerprint density at radius 3 is 1.92 bits per heavy atom. The fraction of sp³-hybridized carbons (Fsp3) is 0.273. The molecule has 0 spiro atoms. The van der Waals surface area contributed by atoms with Crippen LogP contribution in [0, 0.1) is 0 Å². The van der Waals surface area contributed by atoms with Crippen molar-refractivity contribution in [3.8, 4) is 5.75 Å². The van der Waals surface area contributed by atoms with Crippen LogP contribution in [0.25, 0.3) is 32.3 Å². The van der Waals surface area contributed by atoms with Crippen LogP contribution in [-0.4, -0.2) is 8.32 Å². The predicted molar refractivity (Wildman–Crippen MR) is 116 cm³/mol. The van der Waals surface area contributed by atoms with E-state index in [0.717, 1.165) is 10.2 Å². The molecule has 1 nitrogen and oxygen atoms in total. The maximum absolute atomic E-state index is 6.68. The Labute approximate surface area is 158 Å². The van der Waals surface area contributed by atoms with Gasteiger partial charge in [-0.15, -0.1) is 0 Å². The quantitative estimate of drug-likeness (QED) is 0.242. The normalized spacial score (nSPS) is 13.2. The van der Waals surface area contributed by atoms with Crippen molar-refractivity contribution in [3.05, 3.63) is 53.0 Å². The summed E-state index contributed by atoms with van der Waals surface area (Å²) in [4.78, 5) is 0. The lowest BCUT2D eigenvalue weighted by atomic mass is 9.94. The van der Waals surface area contributed by atoms with Gasteiger partial charge >= 0.3 is 0 Å². The fourth-order valence-corrected chi connectivity index (χ4v) is 4.75. The zero-order valence-electron chi connectivity index (χ0n) is 15.4. The van der Waals surface area contributed by atoms with Gasteiger partial charge in [0, 0.05) is 15.2 Å². The Balaban J connectivity index is 2.04. The summed E-state index contributed by atoms with van der Waals surface area (Å²) in [6, 6.07) is 17.5. The van der Waals surface area contributed by atoms with Crippen molar-refractivity contribution >= 4 is 56.6 Å². The minimum atomic E-state index is -1.88.